The summed E-state index contributed by atoms with van der Waals surface area (Å²) in [5.74, 6) is 3.42. The number of aryl methyl sites for hydroxylation is 1. The van der Waals surface area contributed by atoms with Gasteiger partial charge in [-0.3, -0.25) is 4.99 Å². The molecule has 2 rings (SSSR count). The zero-order valence-corrected chi connectivity index (χ0v) is 22.3. The Morgan fingerprint density at radius 1 is 1.00 bits per heavy atom. The fourth-order valence-electron chi connectivity index (χ4n) is 2.81. The van der Waals surface area contributed by atoms with Gasteiger partial charge in [0.05, 0.1) is 0 Å². The predicted octanol–water partition coefficient (Wildman–Crippen LogP) is 9.61. The van der Waals surface area contributed by atoms with Crippen LogP contribution in [0, 0.1) is 18.8 Å². The lowest BCUT2D eigenvalue weighted by Crippen LogP contribution is -2.18. The molecule has 1 aliphatic carbocycles. The van der Waals surface area contributed by atoms with Crippen molar-refractivity contribution in [2.24, 2.45) is 16.8 Å². The molecule has 0 aromatic heterocycles. The van der Waals surface area contributed by atoms with Crippen LogP contribution in [0.4, 0.5) is 0 Å². The highest BCUT2D eigenvalue weighted by atomic mass is 32.2. The summed E-state index contributed by atoms with van der Waals surface area (Å²) >= 11 is 2.01. The third-order valence-corrected chi connectivity index (χ3v) is 5.19. The average Bonchev–Trinajstić information content (AvgIpc) is 2.74. The van der Waals surface area contributed by atoms with Crippen LogP contribution in [0.1, 0.15) is 93.6 Å². The molecule has 0 bridgehead atoms. The molecule has 170 valence electrons. The van der Waals surface area contributed by atoms with E-state index in [9.17, 15) is 0 Å². The molecule has 0 aliphatic heterocycles. The van der Waals surface area contributed by atoms with Crippen molar-refractivity contribution in [2.45, 2.75) is 94.9 Å². The molecule has 1 fully saturated rings. The molecule has 0 radical (unpaired) electrons. The second-order valence-corrected chi connectivity index (χ2v) is 8.03. The van der Waals surface area contributed by atoms with Crippen LogP contribution in [0.25, 0.3) is 0 Å². The van der Waals surface area contributed by atoms with Gasteiger partial charge in [0.25, 0.3) is 0 Å². The van der Waals surface area contributed by atoms with E-state index in [0.29, 0.717) is 0 Å². The summed E-state index contributed by atoms with van der Waals surface area (Å²) in [6, 6.07) is 10.3. The summed E-state index contributed by atoms with van der Waals surface area (Å²) in [4.78, 5) is 4.17. The van der Waals surface area contributed by atoms with Crippen LogP contribution in [-0.4, -0.2) is 17.7 Å². The topological polar surface area (TPSA) is 12.4 Å². The maximum absolute atomic E-state index is 4.17. The molecule has 1 unspecified atom stereocenters. The van der Waals surface area contributed by atoms with E-state index in [1.807, 2.05) is 91.4 Å². The Kier molecular flexibility index (Phi) is 28.2. The molecule has 2 heteroatoms. The molecular weight excluding hydrogens is 370 g/mol. The molecule has 0 spiro atoms. The van der Waals surface area contributed by atoms with E-state index in [-0.39, 0.29) is 0 Å². The number of rotatable bonds is 3. The van der Waals surface area contributed by atoms with E-state index in [2.05, 4.69) is 37.2 Å². The fraction of sp³-hybridized carbons (Fsp3) is 0.667. The second kappa shape index (κ2) is 25.0. The highest BCUT2D eigenvalue weighted by Crippen LogP contribution is 2.31. The molecule has 1 nitrogen and oxygen atoms in total. The van der Waals surface area contributed by atoms with Crippen LogP contribution >= 0.6 is 11.8 Å². The minimum atomic E-state index is 1.00. The van der Waals surface area contributed by atoms with Crippen LogP contribution < -0.4 is 0 Å². The minimum absolute atomic E-state index is 1.00. The van der Waals surface area contributed by atoms with Gasteiger partial charge in [-0.15, -0.1) is 0 Å². The molecule has 0 saturated heterocycles. The van der Waals surface area contributed by atoms with Gasteiger partial charge in [0.1, 0.15) is 0 Å². The van der Waals surface area contributed by atoms with Crippen molar-refractivity contribution >= 4 is 17.5 Å². The van der Waals surface area contributed by atoms with E-state index in [1.165, 1.54) is 37.0 Å². The smallest absolute Gasteiger partial charge is 0.0329 e. The first-order chi connectivity index (χ1) is 13.9. The van der Waals surface area contributed by atoms with Crippen molar-refractivity contribution < 1.29 is 0 Å². The van der Waals surface area contributed by atoms with Crippen molar-refractivity contribution in [2.75, 3.05) is 12.0 Å². The van der Waals surface area contributed by atoms with Crippen LogP contribution in [0.2, 0.25) is 0 Å². The van der Waals surface area contributed by atoms with Crippen LogP contribution in [0.3, 0.4) is 0 Å². The third kappa shape index (κ3) is 23.1. The van der Waals surface area contributed by atoms with Gasteiger partial charge in [0.2, 0.25) is 0 Å². The van der Waals surface area contributed by atoms with E-state index < -0.39 is 0 Å². The largest absolute Gasteiger partial charge is 0.263 e. The Bertz CT molecular complexity index is 485. The second-order valence-electron chi connectivity index (χ2n) is 7.12. The fourth-order valence-corrected chi connectivity index (χ4v) is 3.73. The molecule has 1 saturated carbocycles. The number of benzene rings is 1. The number of aliphatic imine (C=N–C) groups is 1. The van der Waals surface area contributed by atoms with Gasteiger partial charge in [0.15, 0.2) is 0 Å². The van der Waals surface area contributed by atoms with Gasteiger partial charge in [-0.1, -0.05) is 95.9 Å². The van der Waals surface area contributed by atoms with Crippen LogP contribution in [0.5, 0.6) is 0 Å². The van der Waals surface area contributed by atoms with Gasteiger partial charge in [-0.25, -0.2) is 0 Å². The molecule has 0 heterocycles. The quantitative estimate of drug-likeness (QED) is 0.442. The summed E-state index contributed by atoms with van der Waals surface area (Å²) in [6.07, 6.45) is 10.1. The first kappa shape index (κ1) is 32.6. The van der Waals surface area contributed by atoms with E-state index in [4.69, 9.17) is 0 Å². The van der Waals surface area contributed by atoms with Gasteiger partial charge in [0, 0.05) is 11.4 Å². The van der Waals surface area contributed by atoms with E-state index in [1.54, 1.807) is 0 Å². The van der Waals surface area contributed by atoms with E-state index in [0.717, 1.165) is 23.2 Å². The van der Waals surface area contributed by atoms with Gasteiger partial charge < -0.3 is 0 Å². The van der Waals surface area contributed by atoms with Gasteiger partial charge >= 0.3 is 0 Å². The van der Waals surface area contributed by atoms with Crippen LogP contribution in [0.15, 0.2) is 47.1 Å². The van der Waals surface area contributed by atoms with Crippen molar-refractivity contribution in [3.63, 3.8) is 0 Å². The first-order valence-corrected chi connectivity index (χ1v) is 13.0. The Labute approximate surface area is 188 Å². The summed E-state index contributed by atoms with van der Waals surface area (Å²) < 4.78 is 0. The normalized spacial score (nSPS) is 17.4. The Balaban J connectivity index is -0.000000325. The van der Waals surface area contributed by atoms with Crippen LogP contribution in [-0.2, 0) is 0 Å². The molecule has 1 aliphatic rings. The lowest BCUT2D eigenvalue weighted by Gasteiger charge is -2.27. The molecule has 0 amide bonds. The molecule has 29 heavy (non-hydrogen) atoms. The number of nitrogens with zero attached hydrogens (tertiary/aromatic N) is 1. The zero-order chi connectivity index (χ0) is 23.1. The van der Waals surface area contributed by atoms with Crippen molar-refractivity contribution in [1.29, 1.82) is 0 Å². The summed E-state index contributed by atoms with van der Waals surface area (Å²) in [5.41, 5.74) is 3.52. The van der Waals surface area contributed by atoms with Crippen molar-refractivity contribution in [1.82, 2.24) is 0 Å². The molecular formula is C27H51NS. The molecule has 2 atom stereocenters. The Hall–Kier alpha value is -1.02. The number of allylic oxidation sites excluding steroid dienone is 2. The summed E-state index contributed by atoms with van der Waals surface area (Å²) in [6.45, 7) is 20.5. The molecule has 1 aromatic rings. The summed E-state index contributed by atoms with van der Waals surface area (Å²) in [5, 5.41) is 0. The van der Waals surface area contributed by atoms with Gasteiger partial charge in [-0.2, -0.15) is 11.8 Å². The van der Waals surface area contributed by atoms with Crippen molar-refractivity contribution in [3.05, 3.63) is 47.7 Å². The number of thioether (sulfide) groups is 1. The lowest BCUT2D eigenvalue weighted by molar-refractivity contribution is 0.282. The highest BCUT2D eigenvalue weighted by molar-refractivity contribution is 7.98. The number of hydrogen-bond donors (Lipinski definition) is 0. The number of hydrogen-bond acceptors (Lipinski definition) is 2. The maximum Gasteiger partial charge on any atom is 0.0329 e. The summed E-state index contributed by atoms with van der Waals surface area (Å²) in [7, 11) is 0. The van der Waals surface area contributed by atoms with Gasteiger partial charge in [-0.05, 0) is 64.9 Å². The standard InChI is InChI=1S/C9H18S.C7H13N.C7H8.2C2H6/c1-8-5-3-4-6-9(8)7-10-2;1-5-7(4)8-6(2)3;1-7-5-3-2-4-6-7;2*1-2/h8-9H,3-7H2,1-2H3;5H,1-4H3;2-6H,1H3;2*1-2H3/b;7-5-;;;/t8-,9?;;;;/m0..../s1. The minimum Gasteiger partial charge on any atom is -0.263 e. The molecule has 0 N–H and O–H groups in total. The zero-order valence-electron chi connectivity index (χ0n) is 21.5. The van der Waals surface area contributed by atoms with E-state index >= 15 is 0 Å². The SMILES string of the molecule is C/C=C(/C)N=C(C)C.CC.CC.CSCC1CCCC[C@@H]1C.Cc1ccccc1. The lowest BCUT2D eigenvalue weighted by atomic mass is 9.82. The Morgan fingerprint density at radius 2 is 1.52 bits per heavy atom. The van der Waals surface area contributed by atoms with Crippen molar-refractivity contribution in [3.8, 4) is 0 Å². The Morgan fingerprint density at radius 3 is 1.83 bits per heavy atom. The molecule has 1 aromatic carbocycles. The maximum atomic E-state index is 4.17. The first-order valence-electron chi connectivity index (χ1n) is 11.6. The monoisotopic (exact) mass is 421 g/mol. The highest BCUT2D eigenvalue weighted by Gasteiger charge is 2.19. The third-order valence-electron chi connectivity index (χ3n) is 4.43. The predicted molar refractivity (Wildman–Crippen MR) is 142 cm³/mol. The average molecular weight is 422 g/mol.